The van der Waals surface area contributed by atoms with Crippen molar-refractivity contribution >= 4 is 34.2 Å². The normalized spacial score (nSPS) is 14.5. The predicted octanol–water partition coefficient (Wildman–Crippen LogP) is 6.61. The van der Waals surface area contributed by atoms with E-state index in [1.165, 1.54) is 19.3 Å². The Morgan fingerprint density at radius 3 is 2.60 bits per heavy atom. The van der Waals surface area contributed by atoms with Crippen LogP contribution in [0.5, 0.6) is 5.75 Å². The number of carbonyl (C=O) groups is 2. The number of aliphatic carboxylic acids is 1. The molecule has 3 heterocycles. The van der Waals surface area contributed by atoms with Crippen molar-refractivity contribution in [1.29, 1.82) is 0 Å². The van der Waals surface area contributed by atoms with Crippen LogP contribution in [0.2, 0.25) is 0 Å². The molecule has 5 aromatic rings. The number of nitrogens with one attached hydrogen (secondary N) is 1. The summed E-state index contributed by atoms with van der Waals surface area (Å²) in [6.07, 6.45) is 10.4. The van der Waals surface area contributed by atoms with Gasteiger partial charge in [0, 0.05) is 29.4 Å². The number of carbonyl (C=O) groups excluding carboxylic acids is 1. The number of imidazole rings is 1. The minimum Gasteiger partial charge on any atom is -0.482 e. The van der Waals surface area contributed by atoms with Crippen molar-refractivity contribution in [2.75, 3.05) is 6.61 Å². The zero-order valence-electron chi connectivity index (χ0n) is 24.0. The smallest absolute Gasteiger partial charge is 0.341 e. The molecule has 1 atom stereocenters. The maximum absolute atomic E-state index is 13.7. The molecule has 3 aromatic heterocycles. The van der Waals surface area contributed by atoms with Gasteiger partial charge in [0.25, 0.3) is 5.91 Å². The number of fused-ring (bicyclic) bond motifs is 1. The molecule has 1 aliphatic rings. The second-order valence-electron chi connectivity index (χ2n) is 11.1. The summed E-state index contributed by atoms with van der Waals surface area (Å²) in [6.45, 7) is 1.57. The average Bonchev–Trinajstić information content (AvgIpc) is 3.77. The van der Waals surface area contributed by atoms with Gasteiger partial charge in [0.2, 0.25) is 0 Å². The molecule has 0 unspecified atom stereocenters. The number of furan rings is 1. The molecule has 0 bridgehead atoms. The lowest BCUT2D eigenvalue weighted by Gasteiger charge is -2.25. The van der Waals surface area contributed by atoms with Crippen LogP contribution in [-0.2, 0) is 17.6 Å². The first kappa shape index (κ1) is 28.7. The van der Waals surface area contributed by atoms with Gasteiger partial charge in [0.1, 0.15) is 17.8 Å². The molecule has 0 saturated heterocycles. The average molecular weight is 599 g/mol. The van der Waals surface area contributed by atoms with E-state index in [-0.39, 0.29) is 11.9 Å². The third-order valence-corrected chi connectivity index (χ3v) is 8.72. The summed E-state index contributed by atoms with van der Waals surface area (Å²) >= 11 is 1.59. The Morgan fingerprint density at radius 1 is 1.09 bits per heavy atom. The molecule has 9 nitrogen and oxygen atoms in total. The van der Waals surface area contributed by atoms with E-state index in [4.69, 9.17) is 19.2 Å². The van der Waals surface area contributed by atoms with Gasteiger partial charge >= 0.3 is 5.97 Å². The first-order chi connectivity index (χ1) is 20.9. The summed E-state index contributed by atoms with van der Waals surface area (Å²) in [5, 5.41) is 15.1. The summed E-state index contributed by atoms with van der Waals surface area (Å²) in [4.78, 5) is 34.1. The monoisotopic (exact) mass is 598 g/mol. The molecular formula is C33H34N4O5S. The summed E-state index contributed by atoms with van der Waals surface area (Å²) in [5.74, 6) is 0.165. The maximum atomic E-state index is 13.7. The van der Waals surface area contributed by atoms with Crippen LogP contribution in [0, 0.1) is 6.92 Å². The predicted molar refractivity (Wildman–Crippen MR) is 165 cm³/mol. The van der Waals surface area contributed by atoms with E-state index < -0.39 is 12.6 Å². The van der Waals surface area contributed by atoms with Crippen molar-refractivity contribution in [3.63, 3.8) is 0 Å². The van der Waals surface area contributed by atoms with Crippen molar-refractivity contribution in [2.45, 2.75) is 64.0 Å². The highest BCUT2D eigenvalue weighted by molar-refractivity contribution is 7.09. The molecule has 10 heteroatoms. The van der Waals surface area contributed by atoms with Gasteiger partial charge in [0.05, 0.1) is 33.6 Å². The third-order valence-electron chi connectivity index (χ3n) is 7.90. The number of hydrogen-bond acceptors (Lipinski definition) is 7. The Kier molecular flexibility index (Phi) is 8.55. The van der Waals surface area contributed by atoms with E-state index in [1.54, 1.807) is 36.0 Å². The molecule has 1 fully saturated rings. The lowest BCUT2D eigenvalue weighted by molar-refractivity contribution is -0.139. The number of rotatable bonds is 11. The van der Waals surface area contributed by atoms with Crippen molar-refractivity contribution < 1.29 is 23.8 Å². The standard InChI is InChI=1S/C33H34N4O5S/c1-21-34-26(20-43-21)17-25(15-22-7-10-28(11-8-22)42-19-31(38)39)35-33(40)23-9-12-30-29(16-23)36-32(24-13-14-41-18-24)37(30)27-5-3-2-4-6-27/h7-14,16,18,20,25,27H,2-6,15,17,19H2,1H3,(H,35,40)(H,38,39)/t25-/m0/s1. The Balaban J connectivity index is 1.24. The SMILES string of the molecule is Cc1nc(C[C@H](Cc2ccc(OCC(=O)O)cc2)NC(=O)c2ccc3c(c2)nc(-c2ccoc2)n3C2CCCCC2)cs1. The van der Waals surface area contributed by atoms with Crippen LogP contribution in [-0.4, -0.2) is 44.2 Å². The third kappa shape index (κ3) is 6.80. The topological polar surface area (TPSA) is 119 Å². The van der Waals surface area contributed by atoms with Gasteiger partial charge in [-0.05, 0) is 68.1 Å². The number of benzene rings is 2. The van der Waals surface area contributed by atoms with E-state index in [1.807, 2.05) is 48.7 Å². The molecule has 222 valence electrons. The van der Waals surface area contributed by atoms with E-state index in [9.17, 15) is 9.59 Å². The van der Waals surface area contributed by atoms with Gasteiger partial charge in [-0.1, -0.05) is 31.4 Å². The van der Waals surface area contributed by atoms with Crippen LogP contribution in [0.4, 0.5) is 0 Å². The van der Waals surface area contributed by atoms with Crippen LogP contribution >= 0.6 is 11.3 Å². The van der Waals surface area contributed by atoms with E-state index in [0.29, 0.717) is 30.2 Å². The number of ether oxygens (including phenoxy) is 1. The van der Waals surface area contributed by atoms with Crippen LogP contribution < -0.4 is 10.1 Å². The minimum absolute atomic E-state index is 0.169. The van der Waals surface area contributed by atoms with Crippen LogP contribution in [0.15, 0.2) is 70.9 Å². The fourth-order valence-electron chi connectivity index (χ4n) is 5.89. The minimum atomic E-state index is -1.03. The molecule has 0 spiro atoms. The molecular weight excluding hydrogens is 564 g/mol. The number of carboxylic acid groups (broad SMARTS) is 1. The van der Waals surface area contributed by atoms with Crippen molar-refractivity contribution in [1.82, 2.24) is 19.9 Å². The van der Waals surface area contributed by atoms with E-state index >= 15 is 0 Å². The van der Waals surface area contributed by atoms with Gasteiger partial charge in [-0.2, -0.15) is 0 Å². The lowest BCUT2D eigenvalue weighted by atomic mass is 9.95. The molecule has 0 aliphatic heterocycles. The summed E-state index contributed by atoms with van der Waals surface area (Å²) in [6, 6.07) is 15.2. The Morgan fingerprint density at radius 2 is 1.91 bits per heavy atom. The number of aryl methyl sites for hydroxylation is 1. The summed E-state index contributed by atoms with van der Waals surface area (Å²) < 4.78 is 13.0. The van der Waals surface area contributed by atoms with Crippen molar-refractivity contribution in [2.24, 2.45) is 0 Å². The largest absolute Gasteiger partial charge is 0.482 e. The van der Waals surface area contributed by atoms with Crippen molar-refractivity contribution in [3.05, 3.63) is 88.3 Å². The fourth-order valence-corrected chi connectivity index (χ4v) is 6.52. The Hall–Kier alpha value is -4.44. The van der Waals surface area contributed by atoms with Gasteiger partial charge < -0.3 is 24.1 Å². The van der Waals surface area contributed by atoms with Gasteiger partial charge in [-0.3, -0.25) is 4.79 Å². The molecule has 1 amide bonds. The second-order valence-corrected chi connectivity index (χ2v) is 12.1. The molecule has 2 aromatic carbocycles. The summed E-state index contributed by atoms with van der Waals surface area (Å²) in [5.41, 5.74) is 5.23. The highest BCUT2D eigenvalue weighted by Gasteiger charge is 2.24. The van der Waals surface area contributed by atoms with Gasteiger partial charge in [0.15, 0.2) is 6.61 Å². The fraction of sp³-hybridized carbons (Fsp3) is 0.333. The molecule has 1 saturated carbocycles. The number of thiazole rings is 1. The number of nitrogens with zero attached hydrogens (tertiary/aromatic N) is 3. The zero-order valence-corrected chi connectivity index (χ0v) is 24.8. The highest BCUT2D eigenvalue weighted by Crippen LogP contribution is 2.36. The van der Waals surface area contributed by atoms with Gasteiger partial charge in [-0.15, -0.1) is 11.3 Å². The van der Waals surface area contributed by atoms with Crippen LogP contribution in [0.3, 0.4) is 0 Å². The number of amides is 1. The number of hydrogen-bond donors (Lipinski definition) is 2. The summed E-state index contributed by atoms with van der Waals surface area (Å²) in [7, 11) is 0. The highest BCUT2D eigenvalue weighted by atomic mass is 32.1. The first-order valence-corrected chi connectivity index (χ1v) is 15.5. The Labute approximate surface area is 253 Å². The van der Waals surface area contributed by atoms with Crippen molar-refractivity contribution in [3.8, 4) is 17.1 Å². The Bertz CT molecular complexity index is 1700. The molecule has 1 aliphatic carbocycles. The molecule has 0 radical (unpaired) electrons. The maximum Gasteiger partial charge on any atom is 0.341 e. The van der Waals surface area contributed by atoms with E-state index in [2.05, 4.69) is 14.9 Å². The number of aromatic nitrogens is 3. The first-order valence-electron chi connectivity index (χ1n) is 14.6. The molecule has 43 heavy (non-hydrogen) atoms. The lowest BCUT2D eigenvalue weighted by Crippen LogP contribution is -2.38. The number of carboxylic acids is 1. The quantitative estimate of drug-likeness (QED) is 0.175. The van der Waals surface area contributed by atoms with Gasteiger partial charge in [-0.25, -0.2) is 14.8 Å². The van der Waals surface area contributed by atoms with Crippen LogP contribution in [0.25, 0.3) is 22.4 Å². The molecule has 2 N–H and O–H groups in total. The van der Waals surface area contributed by atoms with Crippen LogP contribution in [0.1, 0.15) is 64.8 Å². The second kappa shape index (κ2) is 12.8. The van der Waals surface area contributed by atoms with E-state index in [0.717, 1.165) is 51.5 Å². The molecule has 6 rings (SSSR count). The zero-order chi connectivity index (χ0) is 29.8.